The molecule has 1 heterocycles. The number of alkyl carbamates (subject to hydrolysis) is 1. The van der Waals surface area contributed by atoms with Gasteiger partial charge in [-0.1, -0.05) is 111 Å². The highest BCUT2D eigenvalue weighted by molar-refractivity contribution is 7.79. The van der Waals surface area contributed by atoms with Crippen molar-refractivity contribution >= 4 is 23.8 Å². The summed E-state index contributed by atoms with van der Waals surface area (Å²) in [5.41, 5.74) is 0.798. The smallest absolute Gasteiger partial charge is 0.407 e. The zero-order valence-electron chi connectivity index (χ0n) is 19.7. The molecule has 1 amide bonds. The van der Waals surface area contributed by atoms with E-state index < -0.39 is 13.2 Å². The number of rotatable bonds is 10. The van der Waals surface area contributed by atoms with Crippen molar-refractivity contribution in [2.45, 2.75) is 44.7 Å². The second kappa shape index (κ2) is 11.0. The molecule has 178 valence electrons. The number of epoxide rings is 1. The summed E-state index contributed by atoms with van der Waals surface area (Å²) < 4.78 is 26.4. The maximum Gasteiger partial charge on any atom is 0.407 e. The Bertz CT molecular complexity index is 1060. The van der Waals surface area contributed by atoms with Crippen molar-refractivity contribution in [2.75, 3.05) is 6.61 Å². The molecule has 3 aromatic carbocycles. The molecule has 0 radical (unpaired) electrons. The lowest BCUT2D eigenvalue weighted by atomic mass is 10.0. The van der Waals surface area contributed by atoms with Crippen LogP contribution in [0.3, 0.4) is 0 Å². The fourth-order valence-electron chi connectivity index (χ4n) is 4.49. The Morgan fingerprint density at radius 3 is 2.00 bits per heavy atom. The first-order chi connectivity index (χ1) is 16.5. The normalized spacial score (nSPS) is 19.1. The maximum absolute atomic E-state index is 14.9. The lowest BCUT2D eigenvalue weighted by Gasteiger charge is -2.32. The molecule has 4 atom stereocenters. The predicted molar refractivity (Wildman–Crippen MR) is 136 cm³/mol. The summed E-state index contributed by atoms with van der Waals surface area (Å²) in [6.07, 6.45) is -0.0999. The second-order valence-corrected chi connectivity index (χ2v) is 11.7. The summed E-state index contributed by atoms with van der Waals surface area (Å²) in [7, 11) is -3.02. The molecule has 0 bridgehead atoms. The van der Waals surface area contributed by atoms with Crippen LogP contribution >= 0.6 is 7.14 Å². The van der Waals surface area contributed by atoms with E-state index >= 15 is 0 Å². The van der Waals surface area contributed by atoms with Crippen LogP contribution in [0, 0.1) is 5.92 Å². The molecule has 1 aliphatic heterocycles. The van der Waals surface area contributed by atoms with E-state index in [1.165, 1.54) is 0 Å². The Hall–Kier alpha value is -2.88. The van der Waals surface area contributed by atoms with Crippen molar-refractivity contribution in [1.29, 1.82) is 0 Å². The lowest BCUT2D eigenvalue weighted by molar-refractivity contribution is 0.135. The fourth-order valence-corrected chi connectivity index (χ4v) is 8.31. The van der Waals surface area contributed by atoms with Gasteiger partial charge in [-0.3, -0.25) is 0 Å². The van der Waals surface area contributed by atoms with Crippen molar-refractivity contribution in [1.82, 2.24) is 5.32 Å². The molecule has 6 heteroatoms. The molecule has 0 aliphatic carbocycles. The van der Waals surface area contributed by atoms with Gasteiger partial charge in [0.25, 0.3) is 0 Å². The van der Waals surface area contributed by atoms with Crippen LogP contribution < -0.4 is 15.9 Å². The number of carbonyl (C=O) groups is 1. The van der Waals surface area contributed by atoms with E-state index in [1.807, 2.05) is 91.0 Å². The fraction of sp³-hybridized carbons (Fsp3) is 0.321. The Morgan fingerprint density at radius 1 is 0.941 bits per heavy atom. The summed E-state index contributed by atoms with van der Waals surface area (Å²) in [6, 6.07) is 29.1. The number of benzene rings is 3. The van der Waals surface area contributed by atoms with Crippen LogP contribution in [0.5, 0.6) is 0 Å². The number of carbonyl (C=O) groups excluding carboxylic acids is 1. The molecule has 0 saturated carbocycles. The molecule has 0 aromatic heterocycles. The van der Waals surface area contributed by atoms with Crippen LogP contribution in [-0.4, -0.2) is 30.6 Å². The number of nitrogens with one attached hydrogen (secondary N) is 1. The number of hydrogen-bond acceptors (Lipinski definition) is 4. The van der Waals surface area contributed by atoms with Crippen molar-refractivity contribution in [2.24, 2.45) is 5.92 Å². The van der Waals surface area contributed by atoms with Gasteiger partial charge in [-0.2, -0.15) is 0 Å². The minimum absolute atomic E-state index is 0.141. The first-order valence-corrected chi connectivity index (χ1v) is 13.6. The van der Waals surface area contributed by atoms with Crippen LogP contribution in [0.15, 0.2) is 91.0 Å². The van der Waals surface area contributed by atoms with Gasteiger partial charge in [0, 0.05) is 17.2 Å². The first-order valence-electron chi connectivity index (χ1n) is 11.8. The molecular weight excluding hydrogens is 445 g/mol. The average Bonchev–Trinajstić information content (AvgIpc) is 3.66. The number of hydrogen-bond donors (Lipinski definition) is 1. The zero-order chi connectivity index (χ0) is 24.0. The summed E-state index contributed by atoms with van der Waals surface area (Å²) in [5.74, 6) is 0.160. The SMILES string of the molecule is CC[C@H](C)[C@@H]([C@@H]1O[C@H]1COC(=O)NCc1ccccc1)P(=O)(c1ccccc1)c1ccccc1. The molecule has 3 aromatic rings. The van der Waals surface area contributed by atoms with E-state index in [0.29, 0.717) is 6.54 Å². The number of amides is 1. The second-order valence-electron chi connectivity index (χ2n) is 8.78. The van der Waals surface area contributed by atoms with Gasteiger partial charge in [-0.05, 0) is 11.5 Å². The van der Waals surface area contributed by atoms with Gasteiger partial charge in [0.05, 0.1) is 11.8 Å². The minimum Gasteiger partial charge on any atom is -0.447 e. The summed E-state index contributed by atoms with van der Waals surface area (Å²) in [6.45, 7) is 4.79. The highest BCUT2D eigenvalue weighted by Crippen LogP contribution is 2.57. The molecule has 1 saturated heterocycles. The van der Waals surface area contributed by atoms with E-state index in [1.54, 1.807) is 0 Å². The first kappa shape index (κ1) is 24.3. The molecule has 1 aliphatic rings. The monoisotopic (exact) mass is 477 g/mol. The highest BCUT2D eigenvalue weighted by atomic mass is 31.2. The quantitative estimate of drug-likeness (QED) is 0.326. The Morgan fingerprint density at radius 2 is 1.47 bits per heavy atom. The van der Waals surface area contributed by atoms with Gasteiger partial charge in [-0.15, -0.1) is 0 Å². The molecule has 5 nitrogen and oxygen atoms in total. The van der Waals surface area contributed by atoms with Crippen LogP contribution in [0.1, 0.15) is 25.8 Å². The van der Waals surface area contributed by atoms with Crippen LogP contribution in [0.4, 0.5) is 4.79 Å². The van der Waals surface area contributed by atoms with Crippen LogP contribution in [0.25, 0.3) is 0 Å². The van der Waals surface area contributed by atoms with Crippen molar-refractivity contribution in [3.05, 3.63) is 96.6 Å². The molecule has 0 unspecified atom stereocenters. The van der Waals surface area contributed by atoms with Gasteiger partial charge in [0.1, 0.15) is 19.9 Å². The zero-order valence-corrected chi connectivity index (χ0v) is 20.6. The minimum atomic E-state index is -3.02. The Labute approximate surface area is 201 Å². The van der Waals surface area contributed by atoms with Gasteiger partial charge in [-0.25, -0.2) is 4.79 Å². The van der Waals surface area contributed by atoms with E-state index in [-0.39, 0.29) is 30.4 Å². The molecule has 4 rings (SSSR count). The van der Waals surface area contributed by atoms with E-state index in [4.69, 9.17) is 9.47 Å². The van der Waals surface area contributed by atoms with Crippen molar-refractivity contribution in [3.8, 4) is 0 Å². The van der Waals surface area contributed by atoms with Crippen molar-refractivity contribution in [3.63, 3.8) is 0 Å². The van der Waals surface area contributed by atoms with E-state index in [2.05, 4.69) is 19.2 Å². The molecule has 0 spiro atoms. The molecular formula is C28H32NO4P. The lowest BCUT2D eigenvalue weighted by Crippen LogP contribution is -2.35. The van der Waals surface area contributed by atoms with Gasteiger partial charge in [0.15, 0.2) is 0 Å². The third-order valence-electron chi connectivity index (χ3n) is 6.54. The standard InChI is InChI=1S/C28H32NO4P/c1-3-21(2)27(34(31,23-15-9-5-10-16-23)24-17-11-6-12-18-24)26-25(33-26)20-32-28(30)29-19-22-13-7-4-8-14-22/h4-18,21,25-27H,3,19-20H2,1-2H3,(H,29,30)/t21-,25-,26+,27-/m0/s1. The highest BCUT2D eigenvalue weighted by Gasteiger charge is 2.55. The predicted octanol–water partition coefficient (Wildman–Crippen LogP) is 5.11. The summed E-state index contributed by atoms with van der Waals surface area (Å²) in [5, 5.41) is 4.44. The van der Waals surface area contributed by atoms with Crippen molar-refractivity contribution < 1.29 is 18.8 Å². The summed E-state index contributed by atoms with van der Waals surface area (Å²) >= 11 is 0. The van der Waals surface area contributed by atoms with Crippen LogP contribution in [0.2, 0.25) is 0 Å². The third-order valence-corrected chi connectivity index (χ3v) is 10.3. The third kappa shape index (κ3) is 5.43. The Balaban J connectivity index is 1.48. The van der Waals surface area contributed by atoms with E-state index in [0.717, 1.165) is 22.6 Å². The van der Waals surface area contributed by atoms with Gasteiger partial charge < -0.3 is 19.4 Å². The summed E-state index contributed by atoms with van der Waals surface area (Å²) in [4.78, 5) is 12.2. The maximum atomic E-state index is 14.9. The van der Waals surface area contributed by atoms with Gasteiger partial charge in [0.2, 0.25) is 0 Å². The van der Waals surface area contributed by atoms with E-state index in [9.17, 15) is 9.36 Å². The molecule has 1 fully saturated rings. The average molecular weight is 478 g/mol. The largest absolute Gasteiger partial charge is 0.447 e. The molecule has 1 N–H and O–H groups in total. The Kier molecular flexibility index (Phi) is 7.87. The molecule has 34 heavy (non-hydrogen) atoms. The van der Waals surface area contributed by atoms with Crippen LogP contribution in [-0.2, 0) is 20.6 Å². The topological polar surface area (TPSA) is 67.9 Å². The van der Waals surface area contributed by atoms with Gasteiger partial charge >= 0.3 is 6.09 Å². The number of ether oxygens (including phenoxy) is 2.